The summed E-state index contributed by atoms with van der Waals surface area (Å²) in [5.74, 6) is 0.249. The molecule has 0 aliphatic carbocycles. The molecule has 0 aliphatic heterocycles. The van der Waals surface area contributed by atoms with Gasteiger partial charge in [-0.3, -0.25) is 37.3 Å². The van der Waals surface area contributed by atoms with E-state index in [4.69, 9.17) is 37.0 Å². The van der Waals surface area contributed by atoms with Crippen LogP contribution >= 0.6 is 15.6 Å². The second kappa shape index (κ2) is 70.4. The number of esters is 4. The van der Waals surface area contributed by atoms with Crippen LogP contribution in [0.4, 0.5) is 0 Å². The lowest BCUT2D eigenvalue weighted by atomic mass is 10.0. The molecule has 588 valence electrons. The van der Waals surface area contributed by atoms with Crippen LogP contribution in [0, 0.1) is 17.8 Å². The Labute approximate surface area is 607 Å². The summed E-state index contributed by atoms with van der Waals surface area (Å²) in [4.78, 5) is 73.0. The Balaban J connectivity index is 5.26. The fraction of sp³-hybridized carbons (Fsp3) is 0.950. The molecular weight excluding hydrogens is 1290 g/mol. The summed E-state index contributed by atoms with van der Waals surface area (Å²) < 4.78 is 68.7. The summed E-state index contributed by atoms with van der Waals surface area (Å²) in [5, 5.41) is 10.6. The summed E-state index contributed by atoms with van der Waals surface area (Å²) in [6, 6.07) is 0. The van der Waals surface area contributed by atoms with Crippen LogP contribution in [0.5, 0.6) is 0 Å². The topological polar surface area (TPSA) is 237 Å². The van der Waals surface area contributed by atoms with Crippen molar-refractivity contribution in [2.24, 2.45) is 17.8 Å². The van der Waals surface area contributed by atoms with Gasteiger partial charge in [0, 0.05) is 25.7 Å². The number of rotatable bonds is 78. The molecular formula is C80H156O17P2. The van der Waals surface area contributed by atoms with E-state index in [0.717, 1.165) is 108 Å². The first-order chi connectivity index (χ1) is 47.7. The quantitative estimate of drug-likeness (QED) is 0.0222. The number of phosphoric acid groups is 2. The van der Waals surface area contributed by atoms with Crippen LogP contribution in [0.2, 0.25) is 0 Å². The fourth-order valence-electron chi connectivity index (χ4n) is 12.3. The smallest absolute Gasteiger partial charge is 0.462 e. The molecule has 99 heavy (non-hydrogen) atoms. The van der Waals surface area contributed by atoms with Crippen molar-refractivity contribution in [3.8, 4) is 0 Å². The molecule has 5 atom stereocenters. The Bertz CT molecular complexity index is 1920. The van der Waals surface area contributed by atoms with Crippen molar-refractivity contribution in [1.29, 1.82) is 0 Å². The first-order valence-electron chi connectivity index (χ1n) is 41.3. The minimum Gasteiger partial charge on any atom is -0.462 e. The molecule has 0 bridgehead atoms. The first kappa shape index (κ1) is 97.1. The van der Waals surface area contributed by atoms with Gasteiger partial charge in [-0.25, -0.2) is 9.13 Å². The van der Waals surface area contributed by atoms with Crippen LogP contribution in [0.15, 0.2) is 0 Å². The molecule has 0 saturated carbocycles. The summed E-state index contributed by atoms with van der Waals surface area (Å²) in [6.07, 6.45) is 58.1. The number of carbonyl (C=O) groups excluding carboxylic acids is 4. The average Bonchev–Trinajstić information content (AvgIpc) is 1.01. The SMILES string of the molecule is CCCCCCCCCCCCCC(=O)OC[C@H](COP(=O)(O)OC[C@H](O)COP(=O)(O)OC[C@@H](COC(=O)CCCCCCCCCCCCCCCCC(C)C)OC(=O)CCCCCCCCCCCCCCCCC(C)C)OC(=O)CCCCCCCCCCCCCC(C)C. The summed E-state index contributed by atoms with van der Waals surface area (Å²) in [5.41, 5.74) is 0. The van der Waals surface area contributed by atoms with E-state index in [1.54, 1.807) is 0 Å². The summed E-state index contributed by atoms with van der Waals surface area (Å²) in [7, 11) is -9.92. The number of ether oxygens (including phenoxy) is 4. The number of carbonyl (C=O) groups is 4. The molecule has 3 N–H and O–H groups in total. The normalized spacial score (nSPS) is 14.0. The largest absolute Gasteiger partial charge is 0.472 e. The van der Waals surface area contributed by atoms with E-state index in [1.165, 1.54) is 225 Å². The number of aliphatic hydroxyl groups is 1. The van der Waals surface area contributed by atoms with Crippen molar-refractivity contribution < 1.29 is 80.2 Å². The van der Waals surface area contributed by atoms with Gasteiger partial charge in [-0.15, -0.1) is 0 Å². The molecule has 0 aliphatic rings. The lowest BCUT2D eigenvalue weighted by molar-refractivity contribution is -0.161. The van der Waals surface area contributed by atoms with Crippen LogP contribution in [0.3, 0.4) is 0 Å². The minimum absolute atomic E-state index is 0.107. The van der Waals surface area contributed by atoms with Crippen LogP contribution in [-0.4, -0.2) is 96.7 Å². The van der Waals surface area contributed by atoms with Crippen LogP contribution in [0.25, 0.3) is 0 Å². The molecule has 19 heteroatoms. The number of hydrogen-bond donors (Lipinski definition) is 3. The van der Waals surface area contributed by atoms with Crippen molar-refractivity contribution in [1.82, 2.24) is 0 Å². The third kappa shape index (κ3) is 74.1. The van der Waals surface area contributed by atoms with E-state index in [0.29, 0.717) is 25.7 Å². The van der Waals surface area contributed by atoms with E-state index in [1.807, 2.05) is 0 Å². The van der Waals surface area contributed by atoms with E-state index in [-0.39, 0.29) is 25.7 Å². The zero-order valence-electron chi connectivity index (χ0n) is 65.0. The van der Waals surface area contributed by atoms with Crippen molar-refractivity contribution in [3.63, 3.8) is 0 Å². The van der Waals surface area contributed by atoms with Gasteiger partial charge in [0.05, 0.1) is 26.4 Å². The second-order valence-electron chi connectivity index (χ2n) is 30.2. The molecule has 0 aromatic heterocycles. The Morgan fingerprint density at radius 2 is 0.465 bits per heavy atom. The van der Waals surface area contributed by atoms with Gasteiger partial charge in [0.15, 0.2) is 12.2 Å². The van der Waals surface area contributed by atoms with Crippen LogP contribution in [0.1, 0.15) is 414 Å². The average molecular weight is 1450 g/mol. The van der Waals surface area contributed by atoms with E-state index < -0.39 is 97.5 Å². The van der Waals surface area contributed by atoms with Gasteiger partial charge in [0.2, 0.25) is 0 Å². The lowest BCUT2D eigenvalue weighted by Gasteiger charge is -2.21. The third-order valence-corrected chi connectivity index (χ3v) is 20.5. The van der Waals surface area contributed by atoms with Crippen molar-refractivity contribution in [2.45, 2.75) is 433 Å². The first-order valence-corrected chi connectivity index (χ1v) is 44.3. The standard InChI is InChI=1S/C80H156O17P2/c1-8-9-10-11-12-13-23-33-40-47-54-61-77(82)90-67-75(97-80(85)64-57-50-43-36-29-22-26-32-39-46-53-60-73(6)7)69-94-98(86,87)92-65-74(81)66-93-99(88,89)95-70-76(96-79(84)63-56-49-42-35-28-21-17-15-19-25-31-38-45-52-59-72(4)5)68-91-78(83)62-55-48-41-34-27-20-16-14-18-24-30-37-44-51-58-71(2)3/h71-76,81H,8-70H2,1-7H3,(H,86,87)(H,88,89)/t74-,75+,76+/m0/s1. The molecule has 2 unspecified atom stereocenters. The Kier molecular flexibility index (Phi) is 69.0. The second-order valence-corrected chi connectivity index (χ2v) is 33.1. The van der Waals surface area contributed by atoms with Gasteiger partial charge in [0.1, 0.15) is 19.3 Å². The monoisotopic (exact) mass is 1450 g/mol. The molecule has 0 fully saturated rings. The van der Waals surface area contributed by atoms with Gasteiger partial charge in [-0.05, 0) is 43.4 Å². The van der Waals surface area contributed by atoms with Crippen molar-refractivity contribution in [3.05, 3.63) is 0 Å². The molecule has 0 aromatic carbocycles. The van der Waals surface area contributed by atoms with Gasteiger partial charge in [0.25, 0.3) is 0 Å². The molecule has 0 spiro atoms. The fourth-order valence-corrected chi connectivity index (χ4v) is 13.9. The highest BCUT2D eigenvalue weighted by molar-refractivity contribution is 7.47. The van der Waals surface area contributed by atoms with Crippen molar-refractivity contribution in [2.75, 3.05) is 39.6 Å². The van der Waals surface area contributed by atoms with E-state index in [2.05, 4.69) is 48.5 Å². The zero-order valence-corrected chi connectivity index (χ0v) is 66.8. The molecule has 17 nitrogen and oxygen atoms in total. The lowest BCUT2D eigenvalue weighted by Crippen LogP contribution is -2.30. The number of phosphoric ester groups is 2. The molecule has 0 amide bonds. The van der Waals surface area contributed by atoms with Gasteiger partial charge >= 0.3 is 39.5 Å². The van der Waals surface area contributed by atoms with Gasteiger partial charge in [-0.2, -0.15) is 0 Å². The van der Waals surface area contributed by atoms with Gasteiger partial charge < -0.3 is 33.8 Å². The molecule has 0 radical (unpaired) electrons. The Hall–Kier alpha value is -1.94. The van der Waals surface area contributed by atoms with E-state index in [9.17, 15) is 43.2 Å². The Morgan fingerprint density at radius 1 is 0.273 bits per heavy atom. The summed E-state index contributed by atoms with van der Waals surface area (Å²) >= 11 is 0. The van der Waals surface area contributed by atoms with Gasteiger partial charge in [-0.1, -0.05) is 363 Å². The molecule has 0 heterocycles. The highest BCUT2D eigenvalue weighted by atomic mass is 31.2. The zero-order chi connectivity index (χ0) is 73.0. The van der Waals surface area contributed by atoms with Crippen LogP contribution in [-0.2, 0) is 65.4 Å². The third-order valence-electron chi connectivity index (χ3n) is 18.6. The van der Waals surface area contributed by atoms with Crippen LogP contribution < -0.4 is 0 Å². The number of unbranched alkanes of at least 4 members (excludes halogenated alkanes) is 46. The number of hydrogen-bond acceptors (Lipinski definition) is 15. The van der Waals surface area contributed by atoms with Crippen molar-refractivity contribution >= 4 is 39.5 Å². The highest BCUT2D eigenvalue weighted by Gasteiger charge is 2.30. The minimum atomic E-state index is -4.96. The predicted molar refractivity (Wildman–Crippen MR) is 405 cm³/mol. The maximum absolute atomic E-state index is 13.1. The molecule has 0 rings (SSSR count). The molecule has 0 saturated heterocycles. The maximum Gasteiger partial charge on any atom is 0.472 e. The summed E-state index contributed by atoms with van der Waals surface area (Å²) in [6.45, 7) is 12.0. The number of aliphatic hydroxyl groups excluding tert-OH is 1. The highest BCUT2D eigenvalue weighted by Crippen LogP contribution is 2.45. The Morgan fingerprint density at radius 3 is 0.687 bits per heavy atom. The predicted octanol–water partition coefficient (Wildman–Crippen LogP) is 23.7. The van der Waals surface area contributed by atoms with E-state index >= 15 is 0 Å². The maximum atomic E-state index is 13.1. The molecule has 0 aromatic rings.